The number of benzene rings is 2. The Hall–Kier alpha value is -3.33. The summed E-state index contributed by atoms with van der Waals surface area (Å²) in [6.07, 6.45) is 0.982. The van der Waals surface area contributed by atoms with Crippen LogP contribution in [0.25, 0.3) is 0 Å². The number of hydrogen-bond donors (Lipinski definition) is 1. The van der Waals surface area contributed by atoms with Crippen LogP contribution in [-0.4, -0.2) is 34.5 Å². The summed E-state index contributed by atoms with van der Waals surface area (Å²) in [7, 11) is 0. The number of amides is 3. The Labute approximate surface area is 203 Å². The molecule has 9 heteroatoms. The molecule has 2 aromatic carbocycles. The van der Waals surface area contributed by atoms with Gasteiger partial charge in [0.25, 0.3) is 5.91 Å². The Kier molecular flexibility index (Phi) is 6.65. The van der Waals surface area contributed by atoms with Gasteiger partial charge in [-0.2, -0.15) is 5.01 Å². The average Bonchev–Trinajstić information content (AvgIpc) is 3.27. The summed E-state index contributed by atoms with van der Waals surface area (Å²) in [5, 5.41) is 8.29. The molecule has 8 nitrogen and oxygen atoms in total. The molecule has 0 radical (unpaired) electrons. The maximum atomic E-state index is 13.9. The second-order valence-corrected chi connectivity index (χ2v) is 9.93. The van der Waals surface area contributed by atoms with E-state index in [4.69, 9.17) is 4.74 Å². The zero-order valence-electron chi connectivity index (χ0n) is 19.7. The van der Waals surface area contributed by atoms with Crippen molar-refractivity contribution < 1.29 is 19.1 Å². The quantitative estimate of drug-likeness (QED) is 0.679. The van der Waals surface area contributed by atoms with Gasteiger partial charge in [-0.05, 0) is 47.9 Å². The van der Waals surface area contributed by atoms with Crippen molar-refractivity contribution in [2.45, 2.75) is 45.5 Å². The lowest BCUT2D eigenvalue weighted by Gasteiger charge is -2.29. The van der Waals surface area contributed by atoms with Crippen molar-refractivity contribution in [2.75, 3.05) is 11.5 Å². The molecular weight excluding hydrogens is 452 g/mol. The molecule has 178 valence electrons. The Balaban J connectivity index is 1.61. The minimum atomic E-state index is -1.39. The number of nitrogens with zero attached hydrogens (tertiary/aromatic N) is 3. The molecule has 1 spiro atoms. The molecular formula is C25H28N4O4S. The van der Waals surface area contributed by atoms with Crippen molar-refractivity contribution in [3.8, 4) is 5.75 Å². The molecule has 34 heavy (non-hydrogen) atoms. The SMILES string of the molecule is CC(=O)NC1=NN(C(C)=O)[C@@]2(S1)C(=O)N(Cc1ccc(OCCC(C)C)cc1)c1ccccc12. The number of rotatable bonds is 6. The van der Waals surface area contributed by atoms with E-state index in [1.165, 1.54) is 18.9 Å². The van der Waals surface area contributed by atoms with Gasteiger partial charge in [-0.25, -0.2) is 0 Å². The van der Waals surface area contributed by atoms with Gasteiger partial charge in [0.05, 0.1) is 18.8 Å². The highest BCUT2D eigenvalue weighted by Gasteiger charge is 2.61. The van der Waals surface area contributed by atoms with Crippen LogP contribution in [0.1, 0.15) is 45.2 Å². The molecule has 3 amide bonds. The predicted molar refractivity (Wildman–Crippen MR) is 132 cm³/mol. The Morgan fingerprint density at radius 2 is 1.82 bits per heavy atom. The highest BCUT2D eigenvalue weighted by molar-refractivity contribution is 8.15. The highest BCUT2D eigenvalue weighted by atomic mass is 32.2. The number of anilines is 1. The molecule has 0 saturated heterocycles. The van der Waals surface area contributed by atoms with E-state index in [1.807, 2.05) is 48.5 Å². The fraction of sp³-hybridized carbons (Fsp3) is 0.360. The third-order valence-corrected chi connectivity index (χ3v) is 6.88. The van der Waals surface area contributed by atoms with E-state index in [1.54, 1.807) is 4.90 Å². The van der Waals surface area contributed by atoms with Crippen molar-refractivity contribution in [2.24, 2.45) is 11.0 Å². The van der Waals surface area contributed by atoms with Crippen molar-refractivity contribution in [3.05, 3.63) is 59.7 Å². The Bertz CT molecular complexity index is 1150. The topological polar surface area (TPSA) is 91.3 Å². The number of hydrogen-bond acceptors (Lipinski definition) is 6. The number of fused-ring (bicyclic) bond motifs is 2. The fourth-order valence-electron chi connectivity index (χ4n) is 4.01. The van der Waals surface area contributed by atoms with E-state index in [0.29, 0.717) is 30.3 Å². The van der Waals surface area contributed by atoms with Gasteiger partial charge in [0, 0.05) is 19.4 Å². The number of thioether (sulfide) groups is 1. The number of ether oxygens (including phenoxy) is 1. The van der Waals surface area contributed by atoms with Gasteiger partial charge in [-0.3, -0.25) is 14.4 Å². The van der Waals surface area contributed by atoms with Gasteiger partial charge >= 0.3 is 0 Å². The van der Waals surface area contributed by atoms with Gasteiger partial charge in [0.2, 0.25) is 16.7 Å². The van der Waals surface area contributed by atoms with Gasteiger partial charge in [0.1, 0.15) is 5.75 Å². The first-order valence-electron chi connectivity index (χ1n) is 11.2. The first-order valence-corrected chi connectivity index (χ1v) is 12.0. The van der Waals surface area contributed by atoms with Crippen LogP contribution in [0, 0.1) is 5.92 Å². The van der Waals surface area contributed by atoms with Crippen LogP contribution < -0.4 is 15.0 Å². The maximum absolute atomic E-state index is 13.9. The lowest BCUT2D eigenvalue weighted by atomic mass is 10.1. The van der Waals surface area contributed by atoms with Crippen LogP contribution >= 0.6 is 11.8 Å². The summed E-state index contributed by atoms with van der Waals surface area (Å²) in [6, 6.07) is 15.1. The summed E-state index contributed by atoms with van der Waals surface area (Å²) < 4.78 is 5.80. The third kappa shape index (κ3) is 4.40. The molecule has 0 unspecified atom stereocenters. The van der Waals surface area contributed by atoms with Gasteiger partial charge < -0.3 is 15.0 Å². The molecule has 4 rings (SSSR count). The van der Waals surface area contributed by atoms with Crippen LogP contribution in [0.5, 0.6) is 5.75 Å². The molecule has 0 aromatic heterocycles. The van der Waals surface area contributed by atoms with Gasteiger partial charge in [0.15, 0.2) is 5.17 Å². The summed E-state index contributed by atoms with van der Waals surface area (Å²) in [6.45, 7) is 8.02. The number of carbonyl (C=O) groups excluding carboxylic acids is 3. The summed E-state index contributed by atoms with van der Waals surface area (Å²) in [5.74, 6) is 0.372. The largest absolute Gasteiger partial charge is 0.494 e. The van der Waals surface area contributed by atoms with E-state index in [-0.39, 0.29) is 22.9 Å². The lowest BCUT2D eigenvalue weighted by Crippen LogP contribution is -2.48. The van der Waals surface area contributed by atoms with Crippen LogP contribution in [0.15, 0.2) is 53.6 Å². The van der Waals surface area contributed by atoms with Crippen molar-refractivity contribution in [1.82, 2.24) is 10.3 Å². The number of para-hydroxylation sites is 1. The van der Waals surface area contributed by atoms with Crippen molar-refractivity contribution >= 4 is 40.3 Å². The van der Waals surface area contributed by atoms with E-state index >= 15 is 0 Å². The number of carbonyl (C=O) groups is 3. The van der Waals surface area contributed by atoms with Crippen LogP contribution in [0.3, 0.4) is 0 Å². The molecule has 0 fully saturated rings. The van der Waals surface area contributed by atoms with E-state index < -0.39 is 4.87 Å². The van der Waals surface area contributed by atoms with Crippen molar-refractivity contribution in [3.63, 3.8) is 0 Å². The highest BCUT2D eigenvalue weighted by Crippen LogP contribution is 2.54. The first-order chi connectivity index (χ1) is 16.2. The molecule has 1 N–H and O–H groups in total. The molecule has 0 aliphatic carbocycles. The van der Waals surface area contributed by atoms with Crippen LogP contribution in [-0.2, 0) is 25.8 Å². The Morgan fingerprint density at radius 3 is 2.47 bits per heavy atom. The van der Waals surface area contributed by atoms with Crippen LogP contribution in [0.2, 0.25) is 0 Å². The smallest absolute Gasteiger partial charge is 0.271 e. The first kappa shape index (κ1) is 23.8. The second kappa shape index (κ2) is 9.50. The predicted octanol–water partition coefficient (Wildman–Crippen LogP) is 3.81. The normalized spacial score (nSPS) is 19.0. The maximum Gasteiger partial charge on any atom is 0.271 e. The second-order valence-electron chi connectivity index (χ2n) is 8.75. The standard InChI is InChI=1S/C25H28N4O4S/c1-16(2)13-14-33-20-11-9-19(10-12-20)15-28-22-8-6-5-7-21(22)25(23(28)32)29(18(4)31)27-24(34-25)26-17(3)30/h5-12,16H,13-15H2,1-4H3,(H,26,27,30)/t25-/m0/s1. The molecule has 2 aliphatic heterocycles. The number of hydrazone groups is 1. The van der Waals surface area contributed by atoms with Gasteiger partial charge in [-0.15, -0.1) is 5.10 Å². The molecule has 1 atom stereocenters. The fourth-order valence-corrected chi connectivity index (χ4v) is 5.34. The summed E-state index contributed by atoms with van der Waals surface area (Å²) in [4.78, 5) is 38.3. The molecule has 2 aliphatic rings. The van der Waals surface area contributed by atoms with Crippen LogP contribution in [0.4, 0.5) is 5.69 Å². The third-order valence-electron chi connectivity index (χ3n) is 5.64. The molecule has 0 bridgehead atoms. The molecule has 0 saturated carbocycles. The van der Waals surface area contributed by atoms with E-state index in [0.717, 1.165) is 29.5 Å². The average molecular weight is 481 g/mol. The van der Waals surface area contributed by atoms with E-state index in [2.05, 4.69) is 24.3 Å². The molecule has 2 aromatic rings. The molecule has 2 heterocycles. The summed E-state index contributed by atoms with van der Waals surface area (Å²) >= 11 is 1.08. The number of nitrogens with one attached hydrogen (secondary N) is 1. The van der Waals surface area contributed by atoms with E-state index in [9.17, 15) is 14.4 Å². The monoisotopic (exact) mass is 480 g/mol. The minimum absolute atomic E-state index is 0.218. The number of amidine groups is 1. The van der Waals surface area contributed by atoms with Gasteiger partial charge in [-0.1, -0.05) is 44.2 Å². The zero-order valence-corrected chi connectivity index (χ0v) is 20.5. The zero-order chi connectivity index (χ0) is 24.5. The Morgan fingerprint density at radius 1 is 1.12 bits per heavy atom. The summed E-state index contributed by atoms with van der Waals surface area (Å²) in [5.41, 5.74) is 2.30. The van der Waals surface area contributed by atoms with Crippen molar-refractivity contribution in [1.29, 1.82) is 0 Å². The minimum Gasteiger partial charge on any atom is -0.494 e. The lowest BCUT2D eigenvalue weighted by molar-refractivity contribution is -0.139.